The number of nitrogens with one attached hydrogen (secondary N) is 1. The van der Waals surface area contributed by atoms with Crippen LogP contribution in [0.15, 0.2) is 53.4 Å². The largest absolute Gasteiger partial charge is 0.506 e. The fourth-order valence-corrected chi connectivity index (χ4v) is 3.18. The number of carbonyl (C=O) groups excluding carboxylic acids is 1. The Morgan fingerprint density at radius 1 is 1.19 bits per heavy atom. The summed E-state index contributed by atoms with van der Waals surface area (Å²) in [6, 6.07) is 11.1. The molecule has 0 aliphatic carbocycles. The van der Waals surface area contributed by atoms with E-state index in [4.69, 9.17) is 4.74 Å². The van der Waals surface area contributed by atoms with E-state index in [1.54, 1.807) is 6.08 Å². The molecule has 0 heterocycles. The number of hydrogen-bond acceptors (Lipinski definition) is 5. The zero-order valence-electron chi connectivity index (χ0n) is 15.3. The highest BCUT2D eigenvalue weighted by molar-refractivity contribution is 7.91. The van der Waals surface area contributed by atoms with Crippen molar-refractivity contribution in [1.29, 1.82) is 0 Å². The van der Waals surface area contributed by atoms with Crippen LogP contribution in [0.4, 0.5) is 5.69 Å². The molecular weight excluding hydrogens is 366 g/mol. The Hall–Kier alpha value is -2.80. The van der Waals surface area contributed by atoms with E-state index < -0.39 is 15.7 Å². The number of phenols is 1. The number of benzene rings is 2. The van der Waals surface area contributed by atoms with E-state index in [0.717, 1.165) is 12.0 Å². The molecule has 27 heavy (non-hydrogen) atoms. The summed E-state index contributed by atoms with van der Waals surface area (Å²) in [5, 5.41) is 12.4. The average Bonchev–Trinajstić information content (AvgIpc) is 2.67. The van der Waals surface area contributed by atoms with E-state index in [1.165, 1.54) is 31.2 Å². The summed E-state index contributed by atoms with van der Waals surface area (Å²) in [4.78, 5) is 12.2. The predicted molar refractivity (Wildman–Crippen MR) is 106 cm³/mol. The van der Waals surface area contributed by atoms with Gasteiger partial charge in [-0.25, -0.2) is 8.42 Å². The van der Waals surface area contributed by atoms with Crippen LogP contribution in [0.5, 0.6) is 11.5 Å². The third-order valence-electron chi connectivity index (χ3n) is 3.76. The molecule has 0 fully saturated rings. The molecule has 0 saturated heterocycles. The highest BCUT2D eigenvalue weighted by Gasteiger charge is 2.14. The van der Waals surface area contributed by atoms with Crippen LogP contribution in [0.25, 0.3) is 6.08 Å². The summed E-state index contributed by atoms with van der Waals surface area (Å²) < 4.78 is 29.6. The highest BCUT2D eigenvalue weighted by Crippen LogP contribution is 2.27. The number of sulfone groups is 1. The molecule has 2 aromatic carbocycles. The lowest BCUT2D eigenvalue weighted by atomic mass is 10.2. The quantitative estimate of drug-likeness (QED) is 0.531. The third kappa shape index (κ3) is 5.59. The molecule has 2 aromatic rings. The topological polar surface area (TPSA) is 92.7 Å². The van der Waals surface area contributed by atoms with Crippen LogP contribution >= 0.6 is 0 Å². The van der Waals surface area contributed by atoms with Gasteiger partial charge in [0.1, 0.15) is 11.5 Å². The van der Waals surface area contributed by atoms with Crippen molar-refractivity contribution in [3.63, 3.8) is 0 Å². The van der Waals surface area contributed by atoms with Crippen LogP contribution < -0.4 is 10.1 Å². The molecule has 144 valence electrons. The van der Waals surface area contributed by atoms with Gasteiger partial charge >= 0.3 is 0 Å². The molecule has 0 bridgehead atoms. The van der Waals surface area contributed by atoms with Gasteiger partial charge in [-0.2, -0.15) is 0 Å². The minimum absolute atomic E-state index is 0.0368. The molecule has 7 heteroatoms. The molecule has 0 saturated carbocycles. The average molecular weight is 389 g/mol. The summed E-state index contributed by atoms with van der Waals surface area (Å²) in [7, 11) is -3.44. The van der Waals surface area contributed by atoms with Crippen molar-refractivity contribution >= 4 is 27.5 Å². The molecule has 6 nitrogen and oxygen atoms in total. The Kier molecular flexibility index (Phi) is 7.01. The lowest BCUT2D eigenvalue weighted by Crippen LogP contribution is -2.10. The molecule has 0 unspecified atom stereocenters. The summed E-state index contributed by atoms with van der Waals surface area (Å²) >= 11 is 0. The van der Waals surface area contributed by atoms with Crippen molar-refractivity contribution in [3.8, 4) is 11.5 Å². The van der Waals surface area contributed by atoms with Crippen LogP contribution in [0.3, 0.4) is 0 Å². The van der Waals surface area contributed by atoms with Gasteiger partial charge in [0.2, 0.25) is 5.91 Å². The number of anilines is 1. The van der Waals surface area contributed by atoms with Crippen molar-refractivity contribution in [2.75, 3.05) is 17.7 Å². The smallest absolute Gasteiger partial charge is 0.248 e. The summed E-state index contributed by atoms with van der Waals surface area (Å²) in [6.07, 6.45) is 3.77. The second-order valence-electron chi connectivity index (χ2n) is 5.79. The van der Waals surface area contributed by atoms with Crippen LogP contribution in [0, 0.1) is 0 Å². The van der Waals surface area contributed by atoms with Gasteiger partial charge in [-0.1, -0.05) is 32.0 Å². The third-order valence-corrected chi connectivity index (χ3v) is 5.49. The maximum absolute atomic E-state index is 12.2. The zero-order chi connectivity index (χ0) is 19.9. The first-order valence-electron chi connectivity index (χ1n) is 8.64. The second kappa shape index (κ2) is 9.23. The first-order chi connectivity index (χ1) is 12.9. The normalized spacial score (nSPS) is 11.5. The number of ether oxygens (including phenoxy) is 1. The van der Waals surface area contributed by atoms with Crippen molar-refractivity contribution in [3.05, 3.63) is 54.1 Å². The van der Waals surface area contributed by atoms with Gasteiger partial charge in [-0.15, -0.1) is 0 Å². The fraction of sp³-hybridized carbons (Fsp3) is 0.250. The van der Waals surface area contributed by atoms with E-state index in [1.807, 2.05) is 31.2 Å². The van der Waals surface area contributed by atoms with E-state index in [9.17, 15) is 18.3 Å². The lowest BCUT2D eigenvalue weighted by molar-refractivity contribution is -0.111. The standard InChI is InChI=1S/C20H23NO5S/c1-3-13-26-19-8-6-5-7-15(19)9-12-20(23)21-17-14-16(10-11-18(17)22)27(24,25)4-2/h5-12,14,22H,3-4,13H2,1-2H3,(H,21,23)/b12-9+. The number of rotatable bonds is 8. The van der Waals surface area contributed by atoms with Gasteiger partial charge in [-0.05, 0) is 36.8 Å². The van der Waals surface area contributed by atoms with Gasteiger partial charge in [0, 0.05) is 11.6 Å². The molecule has 2 N–H and O–H groups in total. The Balaban J connectivity index is 2.17. The van der Waals surface area contributed by atoms with Crippen molar-refractivity contribution < 1.29 is 23.1 Å². The number of para-hydroxylation sites is 1. The summed E-state index contributed by atoms with van der Waals surface area (Å²) in [6.45, 7) is 4.11. The Labute approximate surface area is 159 Å². The maximum Gasteiger partial charge on any atom is 0.248 e. The van der Waals surface area contributed by atoms with Gasteiger partial charge in [-0.3, -0.25) is 4.79 Å². The lowest BCUT2D eigenvalue weighted by Gasteiger charge is -2.09. The fourth-order valence-electron chi connectivity index (χ4n) is 2.28. The Morgan fingerprint density at radius 3 is 2.63 bits per heavy atom. The van der Waals surface area contributed by atoms with Crippen molar-refractivity contribution in [2.24, 2.45) is 0 Å². The molecule has 0 spiro atoms. The molecule has 0 aromatic heterocycles. The first-order valence-corrected chi connectivity index (χ1v) is 10.3. The molecule has 0 aliphatic heterocycles. The molecule has 0 atom stereocenters. The molecule has 1 amide bonds. The van der Waals surface area contributed by atoms with E-state index in [-0.39, 0.29) is 22.1 Å². The van der Waals surface area contributed by atoms with E-state index in [2.05, 4.69) is 5.32 Å². The molecular formula is C20H23NO5S. The first kappa shape index (κ1) is 20.5. The number of aromatic hydroxyl groups is 1. The van der Waals surface area contributed by atoms with Crippen LogP contribution in [-0.2, 0) is 14.6 Å². The van der Waals surface area contributed by atoms with Gasteiger partial charge in [0.15, 0.2) is 9.84 Å². The SMILES string of the molecule is CCCOc1ccccc1/C=C/C(=O)Nc1cc(S(=O)(=O)CC)ccc1O. The van der Waals surface area contributed by atoms with Crippen LogP contribution in [-0.4, -0.2) is 31.8 Å². The number of phenolic OH excluding ortho intramolecular Hbond substituents is 1. The Morgan fingerprint density at radius 2 is 1.93 bits per heavy atom. The van der Waals surface area contributed by atoms with Crippen LogP contribution in [0.1, 0.15) is 25.8 Å². The predicted octanol–water partition coefficient (Wildman–Crippen LogP) is 3.63. The van der Waals surface area contributed by atoms with Crippen LogP contribution in [0.2, 0.25) is 0 Å². The zero-order valence-corrected chi connectivity index (χ0v) is 16.1. The number of hydrogen-bond donors (Lipinski definition) is 2. The van der Waals surface area contributed by atoms with Gasteiger partial charge in [0.05, 0.1) is 22.9 Å². The molecule has 2 rings (SSSR count). The second-order valence-corrected chi connectivity index (χ2v) is 8.07. The van der Waals surface area contributed by atoms with Crippen molar-refractivity contribution in [1.82, 2.24) is 0 Å². The van der Waals surface area contributed by atoms with Gasteiger partial charge < -0.3 is 15.2 Å². The molecule has 0 radical (unpaired) electrons. The minimum atomic E-state index is -3.44. The summed E-state index contributed by atoms with van der Waals surface area (Å²) in [5.41, 5.74) is 0.780. The summed E-state index contributed by atoms with van der Waals surface area (Å²) in [5.74, 6) is -0.109. The van der Waals surface area contributed by atoms with E-state index in [0.29, 0.717) is 12.4 Å². The molecule has 0 aliphatic rings. The number of amides is 1. The van der Waals surface area contributed by atoms with Crippen molar-refractivity contribution in [2.45, 2.75) is 25.2 Å². The van der Waals surface area contributed by atoms with Gasteiger partial charge in [0.25, 0.3) is 0 Å². The van der Waals surface area contributed by atoms with E-state index >= 15 is 0 Å². The number of carbonyl (C=O) groups is 1. The monoisotopic (exact) mass is 389 g/mol. The maximum atomic E-state index is 12.2. The minimum Gasteiger partial charge on any atom is -0.506 e. The highest BCUT2D eigenvalue weighted by atomic mass is 32.2. The Bertz CT molecular complexity index is 935.